The van der Waals surface area contributed by atoms with E-state index < -0.39 is 0 Å². The van der Waals surface area contributed by atoms with Gasteiger partial charge in [0.1, 0.15) is 12.1 Å². The molecule has 0 fully saturated rings. The summed E-state index contributed by atoms with van der Waals surface area (Å²) in [6.07, 6.45) is 8.06. The van der Waals surface area contributed by atoms with E-state index in [1.54, 1.807) is 0 Å². The molecular formula is C14H23O2. The van der Waals surface area contributed by atoms with Gasteiger partial charge in [-0.1, -0.05) is 33.8 Å². The molecule has 0 saturated heterocycles. The van der Waals surface area contributed by atoms with Gasteiger partial charge in [0.25, 0.3) is 0 Å². The van der Waals surface area contributed by atoms with E-state index in [0.717, 1.165) is 12.7 Å². The van der Waals surface area contributed by atoms with Gasteiger partial charge in [-0.15, -0.1) is 0 Å². The van der Waals surface area contributed by atoms with Gasteiger partial charge in [-0.05, 0) is 23.8 Å². The summed E-state index contributed by atoms with van der Waals surface area (Å²) in [4.78, 5) is 22.0. The van der Waals surface area contributed by atoms with Crippen LogP contribution in [-0.2, 0) is 9.59 Å². The summed E-state index contributed by atoms with van der Waals surface area (Å²) in [7, 11) is 0. The van der Waals surface area contributed by atoms with Gasteiger partial charge in [0.15, 0.2) is 0 Å². The molecule has 91 valence electrons. The van der Waals surface area contributed by atoms with Crippen LogP contribution in [0.3, 0.4) is 0 Å². The molecule has 1 radical (unpaired) electrons. The maximum absolute atomic E-state index is 11.6. The lowest BCUT2D eigenvalue weighted by Crippen LogP contribution is -2.17. The number of aldehydes is 1. The maximum atomic E-state index is 11.6. The highest BCUT2D eigenvalue weighted by Gasteiger charge is 2.20. The largest absolute Gasteiger partial charge is 0.303 e. The first kappa shape index (κ1) is 15.1. The van der Waals surface area contributed by atoms with Gasteiger partial charge in [0.05, 0.1) is 0 Å². The molecule has 0 aromatic heterocycles. The number of allylic oxidation sites excluding steroid dienone is 2. The van der Waals surface area contributed by atoms with E-state index in [-0.39, 0.29) is 11.2 Å². The second kappa shape index (κ2) is 7.37. The molecule has 2 nitrogen and oxygen atoms in total. The zero-order chi connectivity index (χ0) is 12.6. The fourth-order valence-corrected chi connectivity index (χ4v) is 1.41. The van der Waals surface area contributed by atoms with Gasteiger partial charge >= 0.3 is 0 Å². The van der Waals surface area contributed by atoms with Crippen LogP contribution in [-0.4, -0.2) is 12.1 Å². The van der Waals surface area contributed by atoms with Gasteiger partial charge in [-0.25, -0.2) is 0 Å². The minimum atomic E-state index is -0.204. The molecule has 0 saturated carbocycles. The molecule has 0 aromatic rings. The highest BCUT2D eigenvalue weighted by atomic mass is 16.1. The Balaban J connectivity index is 3.90. The maximum Gasteiger partial charge on any atom is 0.137 e. The van der Waals surface area contributed by atoms with Crippen molar-refractivity contribution in [3.63, 3.8) is 0 Å². The zero-order valence-electron chi connectivity index (χ0n) is 10.9. The Morgan fingerprint density at radius 2 is 2.00 bits per heavy atom. The highest BCUT2D eigenvalue weighted by Crippen LogP contribution is 2.24. The summed E-state index contributed by atoms with van der Waals surface area (Å²) in [5.41, 5.74) is -0.204. The van der Waals surface area contributed by atoms with Gasteiger partial charge in [-0.3, -0.25) is 4.79 Å². The fourth-order valence-electron chi connectivity index (χ4n) is 1.41. The van der Waals surface area contributed by atoms with Crippen molar-refractivity contribution in [3.05, 3.63) is 12.2 Å². The first-order valence-electron chi connectivity index (χ1n) is 5.88. The Hall–Kier alpha value is -0.920. The molecule has 2 heteroatoms. The smallest absolute Gasteiger partial charge is 0.137 e. The normalized spacial score (nSPS) is 12.3. The van der Waals surface area contributed by atoms with Gasteiger partial charge < -0.3 is 4.79 Å². The third kappa shape index (κ3) is 8.39. The van der Waals surface area contributed by atoms with Gasteiger partial charge in [0.2, 0.25) is 0 Å². The quantitative estimate of drug-likeness (QED) is 0.591. The van der Waals surface area contributed by atoms with E-state index in [4.69, 9.17) is 0 Å². The minimum Gasteiger partial charge on any atom is -0.303 e. The lowest BCUT2D eigenvalue weighted by atomic mass is 9.84. The number of rotatable bonds is 8. The summed E-state index contributed by atoms with van der Waals surface area (Å²) in [6.45, 7) is 8.13. The van der Waals surface area contributed by atoms with Crippen molar-refractivity contribution in [3.8, 4) is 0 Å². The summed E-state index contributed by atoms with van der Waals surface area (Å²) in [5, 5.41) is 0. The van der Waals surface area contributed by atoms with Crippen LogP contribution in [0.1, 0.15) is 53.4 Å². The Labute approximate surface area is 99.1 Å². The average Bonchev–Trinajstić information content (AvgIpc) is 2.11. The number of hydrogen-bond acceptors (Lipinski definition) is 2. The van der Waals surface area contributed by atoms with Crippen LogP contribution in [0.25, 0.3) is 0 Å². The van der Waals surface area contributed by atoms with Crippen LogP contribution in [0.2, 0.25) is 0 Å². The van der Waals surface area contributed by atoms with Crippen molar-refractivity contribution in [1.82, 2.24) is 0 Å². The van der Waals surface area contributed by atoms with E-state index in [2.05, 4.69) is 19.9 Å². The Bertz CT molecular complexity index is 249. The van der Waals surface area contributed by atoms with Crippen LogP contribution < -0.4 is 0 Å². The zero-order valence-corrected chi connectivity index (χ0v) is 10.9. The number of Topliss-reactive ketones (excluding diaryl/α,β-unsaturated/α-hetero) is 1. The monoisotopic (exact) mass is 223 g/mol. The molecule has 16 heavy (non-hydrogen) atoms. The molecule has 0 amide bonds. The van der Waals surface area contributed by atoms with Gasteiger partial charge in [-0.2, -0.15) is 0 Å². The van der Waals surface area contributed by atoms with Crippen molar-refractivity contribution in [2.24, 2.45) is 11.3 Å². The van der Waals surface area contributed by atoms with E-state index in [1.807, 2.05) is 19.9 Å². The van der Waals surface area contributed by atoms with Crippen LogP contribution in [0.5, 0.6) is 0 Å². The van der Waals surface area contributed by atoms with Crippen molar-refractivity contribution in [2.45, 2.75) is 53.4 Å². The predicted molar refractivity (Wildman–Crippen MR) is 66.0 cm³/mol. The SMILES string of the molecule is CC(C)C[C]=CCC(=O)CC(C)(C)CC=O. The van der Waals surface area contributed by atoms with Crippen molar-refractivity contribution >= 4 is 12.1 Å². The lowest BCUT2D eigenvalue weighted by molar-refractivity contribution is -0.120. The molecular weight excluding hydrogens is 200 g/mol. The third-order valence-electron chi connectivity index (χ3n) is 2.31. The summed E-state index contributed by atoms with van der Waals surface area (Å²) in [5.74, 6) is 0.765. The predicted octanol–water partition coefficient (Wildman–Crippen LogP) is 3.36. The van der Waals surface area contributed by atoms with E-state index >= 15 is 0 Å². The highest BCUT2D eigenvalue weighted by molar-refractivity contribution is 5.80. The van der Waals surface area contributed by atoms with Crippen molar-refractivity contribution < 1.29 is 9.59 Å². The molecule has 0 N–H and O–H groups in total. The lowest BCUT2D eigenvalue weighted by Gasteiger charge is -2.19. The topological polar surface area (TPSA) is 34.1 Å². The number of carbonyl (C=O) groups is 2. The van der Waals surface area contributed by atoms with Crippen LogP contribution >= 0.6 is 0 Å². The van der Waals surface area contributed by atoms with Crippen molar-refractivity contribution in [2.75, 3.05) is 0 Å². The minimum absolute atomic E-state index is 0.183. The summed E-state index contributed by atoms with van der Waals surface area (Å²) < 4.78 is 0. The first-order chi connectivity index (χ1) is 7.37. The summed E-state index contributed by atoms with van der Waals surface area (Å²) >= 11 is 0. The van der Waals surface area contributed by atoms with Crippen LogP contribution in [0.15, 0.2) is 6.08 Å². The van der Waals surface area contributed by atoms with E-state index in [0.29, 0.717) is 25.2 Å². The summed E-state index contributed by atoms with van der Waals surface area (Å²) in [6, 6.07) is 0. The molecule has 0 heterocycles. The molecule has 0 aliphatic heterocycles. The molecule has 0 aliphatic rings. The van der Waals surface area contributed by atoms with Crippen LogP contribution in [0.4, 0.5) is 0 Å². The molecule has 0 atom stereocenters. The third-order valence-corrected chi connectivity index (χ3v) is 2.31. The first-order valence-corrected chi connectivity index (χ1v) is 5.88. The Kier molecular flexibility index (Phi) is 6.95. The molecule has 0 rings (SSSR count). The Morgan fingerprint density at radius 3 is 2.50 bits per heavy atom. The van der Waals surface area contributed by atoms with E-state index in [1.165, 1.54) is 0 Å². The number of hydrogen-bond donors (Lipinski definition) is 0. The van der Waals surface area contributed by atoms with Gasteiger partial charge in [0, 0.05) is 19.3 Å². The van der Waals surface area contributed by atoms with E-state index in [9.17, 15) is 9.59 Å². The molecule has 0 unspecified atom stereocenters. The fraction of sp³-hybridized carbons (Fsp3) is 0.714. The van der Waals surface area contributed by atoms with Crippen molar-refractivity contribution in [1.29, 1.82) is 0 Å². The second-order valence-electron chi connectivity index (χ2n) is 5.46. The number of ketones is 1. The Morgan fingerprint density at radius 1 is 1.38 bits per heavy atom. The molecule has 0 spiro atoms. The second-order valence-corrected chi connectivity index (χ2v) is 5.46. The van der Waals surface area contributed by atoms with Crippen LogP contribution in [0, 0.1) is 17.4 Å². The molecule has 0 aliphatic carbocycles. The molecule has 0 bridgehead atoms. The standard InChI is InChI=1S/C14H23O2/c1-12(2)7-5-6-8-13(16)11-14(3,4)9-10-15/h6,10,12H,7-9,11H2,1-4H3. The average molecular weight is 223 g/mol. The molecule has 0 aromatic carbocycles. The number of carbonyl (C=O) groups excluding carboxylic acids is 2.